The van der Waals surface area contributed by atoms with Gasteiger partial charge in [-0.3, -0.25) is 0 Å². The molecule has 5 heteroatoms. The van der Waals surface area contributed by atoms with Crippen LogP contribution in [0.1, 0.15) is 12.5 Å². The number of ether oxygens (including phenoxy) is 2. The average molecular weight is 270 g/mol. The third kappa shape index (κ3) is 6.00. The van der Waals surface area contributed by atoms with E-state index < -0.39 is 0 Å². The standard InChI is InChI=1S/C14H23FN2O2/c1-11(9-16-6-7-18-2)17-10-12-4-5-14(19-3)13(15)8-12/h4-5,8,11,16-17H,6-7,9-10H2,1-3H3. The van der Waals surface area contributed by atoms with Gasteiger partial charge in [-0.15, -0.1) is 0 Å². The van der Waals surface area contributed by atoms with Gasteiger partial charge in [0.15, 0.2) is 11.6 Å². The van der Waals surface area contributed by atoms with Crippen molar-refractivity contribution in [1.82, 2.24) is 10.6 Å². The maximum Gasteiger partial charge on any atom is 0.165 e. The van der Waals surface area contributed by atoms with Gasteiger partial charge in [0.25, 0.3) is 0 Å². The van der Waals surface area contributed by atoms with Gasteiger partial charge in [-0.05, 0) is 24.6 Å². The highest BCUT2D eigenvalue weighted by atomic mass is 19.1. The third-order valence-corrected chi connectivity index (χ3v) is 2.80. The number of hydrogen-bond donors (Lipinski definition) is 2. The highest BCUT2D eigenvalue weighted by Gasteiger charge is 2.05. The van der Waals surface area contributed by atoms with Crippen molar-refractivity contribution in [1.29, 1.82) is 0 Å². The zero-order valence-corrected chi connectivity index (χ0v) is 11.8. The summed E-state index contributed by atoms with van der Waals surface area (Å²) in [5, 5.41) is 6.60. The van der Waals surface area contributed by atoms with Gasteiger partial charge in [0.1, 0.15) is 0 Å². The lowest BCUT2D eigenvalue weighted by molar-refractivity contribution is 0.198. The summed E-state index contributed by atoms with van der Waals surface area (Å²) in [6.07, 6.45) is 0. The molecule has 1 aromatic carbocycles. The minimum atomic E-state index is -0.326. The van der Waals surface area contributed by atoms with E-state index in [0.717, 1.165) is 18.7 Å². The van der Waals surface area contributed by atoms with E-state index in [9.17, 15) is 4.39 Å². The number of halogens is 1. The highest BCUT2D eigenvalue weighted by Crippen LogP contribution is 2.17. The fraction of sp³-hybridized carbons (Fsp3) is 0.571. The van der Waals surface area contributed by atoms with E-state index in [1.54, 1.807) is 13.2 Å². The largest absolute Gasteiger partial charge is 0.494 e. The van der Waals surface area contributed by atoms with Crippen molar-refractivity contribution >= 4 is 0 Å². The van der Waals surface area contributed by atoms with Crippen LogP contribution in [0.3, 0.4) is 0 Å². The summed E-state index contributed by atoms with van der Waals surface area (Å²) in [5.74, 6) is -0.0503. The summed E-state index contributed by atoms with van der Waals surface area (Å²) in [6, 6.07) is 5.31. The van der Waals surface area contributed by atoms with Crippen LogP contribution >= 0.6 is 0 Å². The van der Waals surface area contributed by atoms with E-state index >= 15 is 0 Å². The van der Waals surface area contributed by atoms with Crippen molar-refractivity contribution < 1.29 is 13.9 Å². The Morgan fingerprint density at radius 1 is 1.32 bits per heavy atom. The highest BCUT2D eigenvalue weighted by molar-refractivity contribution is 5.29. The summed E-state index contributed by atoms with van der Waals surface area (Å²) < 4.78 is 23.3. The Labute approximate surface area is 114 Å². The second kappa shape index (κ2) is 8.85. The van der Waals surface area contributed by atoms with Crippen LogP contribution in [0.2, 0.25) is 0 Å². The lowest BCUT2D eigenvalue weighted by Crippen LogP contribution is -2.37. The maximum atomic E-state index is 13.5. The topological polar surface area (TPSA) is 42.5 Å². The summed E-state index contributed by atoms with van der Waals surface area (Å²) >= 11 is 0. The summed E-state index contributed by atoms with van der Waals surface area (Å²) in [7, 11) is 3.14. The van der Waals surface area contributed by atoms with E-state index in [4.69, 9.17) is 9.47 Å². The van der Waals surface area contributed by atoms with Crippen LogP contribution in [0.15, 0.2) is 18.2 Å². The number of methoxy groups -OCH3 is 2. The van der Waals surface area contributed by atoms with Crippen LogP contribution in [0.25, 0.3) is 0 Å². The first-order chi connectivity index (χ1) is 9.17. The molecule has 108 valence electrons. The second-order valence-electron chi connectivity index (χ2n) is 4.45. The molecule has 1 aromatic rings. The molecule has 0 heterocycles. The van der Waals surface area contributed by atoms with E-state index in [2.05, 4.69) is 17.6 Å². The molecule has 4 nitrogen and oxygen atoms in total. The third-order valence-electron chi connectivity index (χ3n) is 2.80. The molecular weight excluding hydrogens is 247 g/mol. The van der Waals surface area contributed by atoms with Crippen molar-refractivity contribution in [2.45, 2.75) is 19.5 Å². The Morgan fingerprint density at radius 3 is 2.74 bits per heavy atom. The quantitative estimate of drug-likeness (QED) is 0.668. The zero-order chi connectivity index (χ0) is 14.1. The molecule has 0 spiro atoms. The Kier molecular flexibility index (Phi) is 7.40. The molecule has 0 aliphatic carbocycles. The minimum Gasteiger partial charge on any atom is -0.494 e. The minimum absolute atomic E-state index is 0.276. The fourth-order valence-electron chi connectivity index (χ4n) is 1.68. The summed E-state index contributed by atoms with van der Waals surface area (Å²) in [5.41, 5.74) is 0.905. The van der Waals surface area contributed by atoms with Crippen molar-refractivity contribution in [3.8, 4) is 5.75 Å². The molecule has 19 heavy (non-hydrogen) atoms. The number of hydrogen-bond acceptors (Lipinski definition) is 4. The lowest BCUT2D eigenvalue weighted by Gasteiger charge is -2.15. The molecule has 1 rings (SSSR count). The zero-order valence-electron chi connectivity index (χ0n) is 11.8. The van der Waals surface area contributed by atoms with Crippen LogP contribution in [0.4, 0.5) is 4.39 Å². The Hall–Kier alpha value is -1.17. The van der Waals surface area contributed by atoms with Gasteiger partial charge < -0.3 is 20.1 Å². The van der Waals surface area contributed by atoms with Crippen molar-refractivity contribution in [2.24, 2.45) is 0 Å². The van der Waals surface area contributed by atoms with Gasteiger partial charge in [0, 0.05) is 32.8 Å². The predicted molar refractivity (Wildman–Crippen MR) is 74.0 cm³/mol. The lowest BCUT2D eigenvalue weighted by atomic mass is 10.2. The van der Waals surface area contributed by atoms with Crippen LogP contribution in [-0.4, -0.2) is 40.0 Å². The van der Waals surface area contributed by atoms with Crippen LogP contribution in [0, 0.1) is 5.82 Å². The molecule has 0 bridgehead atoms. The van der Waals surface area contributed by atoms with Crippen molar-refractivity contribution in [3.05, 3.63) is 29.6 Å². The van der Waals surface area contributed by atoms with Gasteiger partial charge >= 0.3 is 0 Å². The molecule has 0 saturated heterocycles. The molecule has 0 aliphatic heterocycles. The van der Waals surface area contributed by atoms with Crippen LogP contribution in [-0.2, 0) is 11.3 Å². The van der Waals surface area contributed by atoms with Gasteiger partial charge in [0.05, 0.1) is 13.7 Å². The molecule has 2 N–H and O–H groups in total. The monoisotopic (exact) mass is 270 g/mol. The maximum absolute atomic E-state index is 13.5. The first kappa shape index (κ1) is 15.9. The SMILES string of the molecule is COCCNCC(C)NCc1ccc(OC)c(F)c1. The van der Waals surface area contributed by atoms with Crippen LogP contribution < -0.4 is 15.4 Å². The first-order valence-electron chi connectivity index (χ1n) is 6.42. The van der Waals surface area contributed by atoms with Gasteiger partial charge in [0.2, 0.25) is 0 Å². The smallest absolute Gasteiger partial charge is 0.165 e. The van der Waals surface area contributed by atoms with Gasteiger partial charge in [-0.1, -0.05) is 6.07 Å². The van der Waals surface area contributed by atoms with E-state index in [1.165, 1.54) is 13.2 Å². The number of nitrogens with one attached hydrogen (secondary N) is 2. The molecule has 0 fully saturated rings. The van der Waals surface area contributed by atoms with Crippen molar-refractivity contribution in [3.63, 3.8) is 0 Å². The second-order valence-corrected chi connectivity index (χ2v) is 4.45. The summed E-state index contributed by atoms with van der Waals surface area (Å²) in [6.45, 7) is 5.10. The van der Waals surface area contributed by atoms with Gasteiger partial charge in [-0.25, -0.2) is 4.39 Å². The predicted octanol–water partition coefficient (Wildman–Crippen LogP) is 1.55. The average Bonchev–Trinajstić information content (AvgIpc) is 2.41. The Morgan fingerprint density at radius 2 is 2.11 bits per heavy atom. The molecular formula is C14H23FN2O2. The first-order valence-corrected chi connectivity index (χ1v) is 6.42. The summed E-state index contributed by atoms with van der Waals surface area (Å²) in [4.78, 5) is 0. The fourth-order valence-corrected chi connectivity index (χ4v) is 1.68. The van der Waals surface area contributed by atoms with Crippen LogP contribution in [0.5, 0.6) is 5.75 Å². The van der Waals surface area contributed by atoms with E-state index in [-0.39, 0.29) is 11.6 Å². The number of benzene rings is 1. The Balaban J connectivity index is 2.29. The molecule has 0 aromatic heterocycles. The molecule has 0 saturated carbocycles. The number of rotatable bonds is 9. The van der Waals surface area contributed by atoms with E-state index in [0.29, 0.717) is 19.2 Å². The van der Waals surface area contributed by atoms with Crippen molar-refractivity contribution in [2.75, 3.05) is 33.9 Å². The normalized spacial score (nSPS) is 12.4. The Bertz CT molecular complexity index is 374. The van der Waals surface area contributed by atoms with Gasteiger partial charge in [-0.2, -0.15) is 0 Å². The molecule has 0 amide bonds. The molecule has 0 aliphatic rings. The van der Waals surface area contributed by atoms with E-state index in [1.807, 2.05) is 6.07 Å². The molecule has 1 atom stereocenters. The molecule has 1 unspecified atom stereocenters. The molecule has 0 radical (unpaired) electrons.